The predicted molar refractivity (Wildman–Crippen MR) is 59.5 cm³/mol. The molecule has 0 spiro atoms. The molecule has 2 heterocycles. The van der Waals surface area contributed by atoms with Crippen molar-refractivity contribution >= 4 is 40.4 Å². The number of amides is 1. The smallest absolute Gasteiger partial charge is 0.264 e. The highest BCUT2D eigenvalue weighted by molar-refractivity contribution is 7.17. The van der Waals surface area contributed by atoms with Gasteiger partial charge in [0.1, 0.15) is 0 Å². The van der Waals surface area contributed by atoms with Gasteiger partial charge in [0, 0.05) is 13.1 Å². The van der Waals surface area contributed by atoms with Crippen molar-refractivity contribution in [2.24, 2.45) is 0 Å². The molecule has 0 bridgehead atoms. The number of hydrogen-bond acceptors (Lipinski definition) is 2. The van der Waals surface area contributed by atoms with Crippen molar-refractivity contribution < 1.29 is 4.79 Å². The molecule has 2 rings (SSSR count). The summed E-state index contributed by atoms with van der Waals surface area (Å²) in [5.74, 6) is 0.0463. The van der Waals surface area contributed by atoms with Crippen LogP contribution in [0.3, 0.4) is 0 Å². The molecule has 1 aromatic rings. The van der Waals surface area contributed by atoms with Gasteiger partial charge in [0.25, 0.3) is 5.91 Å². The molecule has 1 atom stereocenters. The normalized spacial score (nSPS) is 21.6. The van der Waals surface area contributed by atoms with Crippen molar-refractivity contribution in [1.82, 2.24) is 4.90 Å². The molecule has 2 nitrogen and oxygen atoms in total. The quantitative estimate of drug-likeness (QED) is 0.702. The van der Waals surface area contributed by atoms with E-state index < -0.39 is 0 Å². The molecule has 14 heavy (non-hydrogen) atoms. The van der Waals surface area contributed by atoms with Gasteiger partial charge in [-0.1, -0.05) is 11.6 Å². The highest BCUT2D eigenvalue weighted by atomic mass is 35.5. The minimum Gasteiger partial charge on any atom is -0.336 e. The van der Waals surface area contributed by atoms with E-state index >= 15 is 0 Å². The first-order valence-electron chi connectivity index (χ1n) is 4.35. The summed E-state index contributed by atoms with van der Waals surface area (Å²) < 4.78 is 0.648. The van der Waals surface area contributed by atoms with E-state index in [1.807, 2.05) is 0 Å². The van der Waals surface area contributed by atoms with Crippen LogP contribution in [-0.2, 0) is 0 Å². The van der Waals surface area contributed by atoms with Crippen LogP contribution >= 0.6 is 34.5 Å². The Morgan fingerprint density at radius 2 is 2.36 bits per heavy atom. The van der Waals surface area contributed by atoms with Crippen molar-refractivity contribution in [3.05, 3.63) is 21.3 Å². The third-order valence-electron chi connectivity index (χ3n) is 2.20. The molecular formula is C9H9Cl2NOS. The molecule has 76 valence electrons. The highest BCUT2D eigenvalue weighted by Gasteiger charge is 2.26. The summed E-state index contributed by atoms with van der Waals surface area (Å²) in [4.78, 5) is 14.3. The molecule has 0 saturated carbocycles. The van der Waals surface area contributed by atoms with Gasteiger partial charge in [-0.2, -0.15) is 0 Å². The number of rotatable bonds is 1. The van der Waals surface area contributed by atoms with Crippen LogP contribution in [0.15, 0.2) is 12.1 Å². The Labute approximate surface area is 96.4 Å². The summed E-state index contributed by atoms with van der Waals surface area (Å²) in [6.07, 6.45) is 0.881. The van der Waals surface area contributed by atoms with Gasteiger partial charge in [0.05, 0.1) is 14.6 Å². The summed E-state index contributed by atoms with van der Waals surface area (Å²) in [6.45, 7) is 1.40. The van der Waals surface area contributed by atoms with E-state index in [9.17, 15) is 4.79 Å². The fraction of sp³-hybridized carbons (Fsp3) is 0.444. The molecular weight excluding hydrogens is 241 g/mol. The molecule has 1 aromatic heterocycles. The second kappa shape index (κ2) is 4.09. The Hall–Kier alpha value is -0.250. The molecule has 1 aliphatic rings. The van der Waals surface area contributed by atoms with Gasteiger partial charge in [-0.25, -0.2) is 0 Å². The van der Waals surface area contributed by atoms with Crippen LogP contribution < -0.4 is 0 Å². The monoisotopic (exact) mass is 249 g/mol. The molecule has 0 aromatic carbocycles. The molecule has 0 aliphatic carbocycles. The van der Waals surface area contributed by atoms with Crippen LogP contribution in [0.1, 0.15) is 16.1 Å². The molecule has 1 fully saturated rings. The molecule has 0 N–H and O–H groups in total. The lowest BCUT2D eigenvalue weighted by molar-refractivity contribution is 0.0798. The fourth-order valence-electron chi connectivity index (χ4n) is 1.49. The van der Waals surface area contributed by atoms with Crippen molar-refractivity contribution in [2.75, 3.05) is 13.1 Å². The summed E-state index contributed by atoms with van der Waals surface area (Å²) in [5.41, 5.74) is 0. The number of nitrogens with zero attached hydrogens (tertiary/aromatic N) is 1. The summed E-state index contributed by atoms with van der Waals surface area (Å²) in [7, 11) is 0. The molecule has 0 radical (unpaired) electrons. The van der Waals surface area contributed by atoms with Crippen LogP contribution in [0.4, 0.5) is 0 Å². The van der Waals surface area contributed by atoms with E-state index in [1.165, 1.54) is 11.3 Å². The van der Waals surface area contributed by atoms with Crippen LogP contribution in [0.5, 0.6) is 0 Å². The Morgan fingerprint density at radius 3 is 2.86 bits per heavy atom. The number of halogens is 2. The van der Waals surface area contributed by atoms with Gasteiger partial charge in [-0.3, -0.25) is 4.79 Å². The number of carbonyl (C=O) groups excluding carboxylic acids is 1. The van der Waals surface area contributed by atoms with Gasteiger partial charge in [-0.15, -0.1) is 22.9 Å². The van der Waals surface area contributed by atoms with Gasteiger partial charge in [-0.05, 0) is 18.6 Å². The SMILES string of the molecule is O=C(c1ccc(Cl)s1)N1CCC(Cl)C1. The lowest BCUT2D eigenvalue weighted by Crippen LogP contribution is -2.28. The van der Waals surface area contributed by atoms with Crippen molar-refractivity contribution in [2.45, 2.75) is 11.8 Å². The average molecular weight is 250 g/mol. The molecule has 5 heteroatoms. The second-order valence-electron chi connectivity index (χ2n) is 3.24. The summed E-state index contributed by atoms with van der Waals surface area (Å²) in [6, 6.07) is 3.50. The fourth-order valence-corrected chi connectivity index (χ4v) is 2.76. The van der Waals surface area contributed by atoms with Crippen molar-refractivity contribution in [3.63, 3.8) is 0 Å². The number of likely N-dealkylation sites (tertiary alicyclic amines) is 1. The molecule has 1 saturated heterocycles. The van der Waals surface area contributed by atoms with Gasteiger partial charge < -0.3 is 4.90 Å². The zero-order valence-corrected chi connectivity index (χ0v) is 9.70. The minimum atomic E-state index is 0.0463. The first kappa shape index (κ1) is 10.3. The lowest BCUT2D eigenvalue weighted by Gasteiger charge is -2.13. The third kappa shape index (κ3) is 2.05. The highest BCUT2D eigenvalue weighted by Crippen LogP contribution is 2.25. The lowest BCUT2D eigenvalue weighted by atomic mass is 10.4. The van der Waals surface area contributed by atoms with E-state index in [4.69, 9.17) is 23.2 Å². The Balaban J connectivity index is 2.09. The Bertz CT molecular complexity index is 352. The van der Waals surface area contributed by atoms with Crippen LogP contribution in [-0.4, -0.2) is 29.3 Å². The summed E-state index contributed by atoms with van der Waals surface area (Å²) >= 11 is 13.0. The maximum Gasteiger partial charge on any atom is 0.264 e. The van der Waals surface area contributed by atoms with Crippen LogP contribution in [0.2, 0.25) is 4.34 Å². The van der Waals surface area contributed by atoms with Crippen molar-refractivity contribution in [3.8, 4) is 0 Å². The van der Waals surface area contributed by atoms with Gasteiger partial charge in [0.2, 0.25) is 0 Å². The number of hydrogen-bond donors (Lipinski definition) is 0. The van der Waals surface area contributed by atoms with E-state index in [-0.39, 0.29) is 11.3 Å². The van der Waals surface area contributed by atoms with Crippen molar-refractivity contribution in [1.29, 1.82) is 0 Å². The standard InChI is InChI=1S/C9H9Cl2NOS/c10-6-3-4-12(5-6)9(13)7-1-2-8(11)14-7/h1-2,6H,3-5H2. The molecule has 1 aliphatic heterocycles. The predicted octanol–water partition coefficient (Wildman–Crippen LogP) is 2.85. The minimum absolute atomic E-state index is 0.0463. The van der Waals surface area contributed by atoms with Crippen LogP contribution in [0.25, 0.3) is 0 Å². The van der Waals surface area contributed by atoms with E-state index in [0.717, 1.165) is 13.0 Å². The maximum absolute atomic E-state index is 11.8. The first-order valence-corrected chi connectivity index (χ1v) is 5.98. The number of carbonyl (C=O) groups is 1. The second-order valence-corrected chi connectivity index (χ2v) is 5.57. The zero-order chi connectivity index (χ0) is 10.1. The van der Waals surface area contributed by atoms with Gasteiger partial charge in [0.15, 0.2) is 0 Å². The van der Waals surface area contributed by atoms with Crippen LogP contribution in [0, 0.1) is 0 Å². The van der Waals surface area contributed by atoms with E-state index in [0.29, 0.717) is 15.8 Å². The molecule has 1 amide bonds. The van der Waals surface area contributed by atoms with Gasteiger partial charge >= 0.3 is 0 Å². The first-order chi connectivity index (χ1) is 6.66. The third-order valence-corrected chi connectivity index (χ3v) is 3.78. The Morgan fingerprint density at radius 1 is 1.57 bits per heavy atom. The van der Waals surface area contributed by atoms with E-state index in [2.05, 4.69) is 0 Å². The number of alkyl halides is 1. The van der Waals surface area contributed by atoms with E-state index in [1.54, 1.807) is 17.0 Å². The number of thiophene rings is 1. The average Bonchev–Trinajstić information content (AvgIpc) is 2.73. The largest absolute Gasteiger partial charge is 0.336 e. The zero-order valence-electron chi connectivity index (χ0n) is 7.37. The topological polar surface area (TPSA) is 20.3 Å². The summed E-state index contributed by atoms with van der Waals surface area (Å²) in [5, 5.41) is 0.106. The maximum atomic E-state index is 11.8. The Kier molecular flexibility index (Phi) is 3.00. The molecule has 1 unspecified atom stereocenters.